The maximum absolute atomic E-state index is 12.2. The van der Waals surface area contributed by atoms with E-state index < -0.39 is 0 Å². The first-order valence-corrected chi connectivity index (χ1v) is 10.0. The molecule has 0 spiro atoms. The van der Waals surface area contributed by atoms with Gasteiger partial charge in [-0.25, -0.2) is 4.98 Å². The number of thiazole rings is 1. The fraction of sp³-hybridized carbons (Fsp3) is 0.190. The summed E-state index contributed by atoms with van der Waals surface area (Å²) in [5.74, 6) is -0.312. The smallest absolute Gasteiger partial charge is 0.257 e. The molecule has 0 unspecified atom stereocenters. The molecule has 2 N–H and O–H groups in total. The first-order valence-electron chi connectivity index (χ1n) is 8.79. The lowest BCUT2D eigenvalue weighted by molar-refractivity contribution is -0.116. The van der Waals surface area contributed by atoms with E-state index in [1.54, 1.807) is 24.3 Å². The number of hydrogen-bond donors (Lipinski definition) is 2. The van der Waals surface area contributed by atoms with Crippen LogP contribution in [0.5, 0.6) is 0 Å². The summed E-state index contributed by atoms with van der Waals surface area (Å²) in [5, 5.41) is 8.59. The van der Waals surface area contributed by atoms with Crippen molar-refractivity contribution in [2.75, 3.05) is 10.6 Å². The van der Waals surface area contributed by atoms with Gasteiger partial charge in [0.15, 0.2) is 5.13 Å². The number of benzene rings is 2. The molecular formula is C21H20ClN3O2S. The van der Waals surface area contributed by atoms with Crippen LogP contribution < -0.4 is 10.6 Å². The Morgan fingerprint density at radius 2 is 1.79 bits per heavy atom. The average Bonchev–Trinajstić information content (AvgIpc) is 3.11. The molecule has 7 heteroatoms. The van der Waals surface area contributed by atoms with Gasteiger partial charge >= 0.3 is 0 Å². The number of hydrogen-bond acceptors (Lipinski definition) is 4. The predicted octanol–water partition coefficient (Wildman–Crippen LogP) is 5.24. The van der Waals surface area contributed by atoms with Crippen LogP contribution in [0.4, 0.5) is 10.8 Å². The molecule has 0 aliphatic heterocycles. The van der Waals surface area contributed by atoms with Crippen LogP contribution >= 0.6 is 22.9 Å². The second-order valence-electron chi connectivity index (χ2n) is 6.45. The topological polar surface area (TPSA) is 71.1 Å². The van der Waals surface area contributed by atoms with Gasteiger partial charge in [-0.05, 0) is 67.8 Å². The summed E-state index contributed by atoms with van der Waals surface area (Å²) in [4.78, 5) is 28.7. The summed E-state index contributed by atoms with van der Waals surface area (Å²) >= 11 is 7.17. The summed E-state index contributed by atoms with van der Waals surface area (Å²) in [5.41, 5.74) is 4.40. The Morgan fingerprint density at radius 3 is 2.50 bits per heavy atom. The van der Waals surface area contributed by atoms with Crippen molar-refractivity contribution in [3.05, 3.63) is 75.3 Å². The number of nitrogens with zero attached hydrogens (tertiary/aromatic N) is 1. The number of aryl methyl sites for hydroxylation is 3. The molecule has 0 atom stereocenters. The van der Waals surface area contributed by atoms with Gasteiger partial charge in [0, 0.05) is 28.1 Å². The second-order valence-corrected chi connectivity index (χ2v) is 7.75. The van der Waals surface area contributed by atoms with Crippen molar-refractivity contribution >= 4 is 45.6 Å². The summed E-state index contributed by atoms with van der Waals surface area (Å²) in [6.45, 7) is 4.05. The van der Waals surface area contributed by atoms with Crippen LogP contribution in [0.2, 0.25) is 5.02 Å². The molecule has 0 saturated carbocycles. The van der Waals surface area contributed by atoms with Gasteiger partial charge < -0.3 is 5.32 Å². The predicted molar refractivity (Wildman–Crippen MR) is 114 cm³/mol. The van der Waals surface area contributed by atoms with E-state index in [9.17, 15) is 9.59 Å². The third-order valence-electron chi connectivity index (χ3n) is 4.28. The lowest BCUT2D eigenvalue weighted by Gasteiger charge is -2.07. The van der Waals surface area contributed by atoms with Crippen molar-refractivity contribution in [1.82, 2.24) is 4.98 Å². The molecule has 0 fully saturated rings. The molecule has 2 amide bonds. The van der Waals surface area contributed by atoms with E-state index in [-0.39, 0.29) is 11.8 Å². The highest BCUT2D eigenvalue weighted by Gasteiger charge is 2.10. The van der Waals surface area contributed by atoms with Gasteiger partial charge in [0.2, 0.25) is 5.91 Å². The molecule has 3 rings (SSSR count). The minimum atomic E-state index is -0.245. The molecule has 3 aromatic rings. The number of carbonyl (C=O) groups is 2. The zero-order chi connectivity index (χ0) is 20.1. The van der Waals surface area contributed by atoms with Crippen LogP contribution in [0, 0.1) is 13.8 Å². The Morgan fingerprint density at radius 1 is 1.04 bits per heavy atom. The fourth-order valence-electron chi connectivity index (χ4n) is 2.53. The van der Waals surface area contributed by atoms with E-state index in [2.05, 4.69) is 15.6 Å². The standard InChI is InChI=1S/C21H20ClN3O2S/c1-13-3-8-17(11-14(13)2)23-19(26)10-9-18-12-28-21(24-18)25-20(27)15-4-6-16(22)7-5-15/h3-8,11-12H,9-10H2,1-2H3,(H,23,26)(H,24,25,27). The van der Waals surface area contributed by atoms with Gasteiger partial charge in [0.05, 0.1) is 5.69 Å². The molecule has 1 aromatic heterocycles. The van der Waals surface area contributed by atoms with Crippen LogP contribution in [-0.2, 0) is 11.2 Å². The van der Waals surface area contributed by atoms with Crippen LogP contribution in [-0.4, -0.2) is 16.8 Å². The van der Waals surface area contributed by atoms with Crippen LogP contribution in [0.15, 0.2) is 47.8 Å². The number of rotatable bonds is 6. The zero-order valence-corrected chi connectivity index (χ0v) is 17.2. The first-order chi connectivity index (χ1) is 13.4. The van der Waals surface area contributed by atoms with E-state index in [0.717, 1.165) is 16.9 Å². The normalized spacial score (nSPS) is 10.5. The lowest BCUT2D eigenvalue weighted by atomic mass is 10.1. The number of carbonyl (C=O) groups excluding carboxylic acids is 2. The Bertz CT molecular complexity index is 999. The monoisotopic (exact) mass is 413 g/mol. The van der Waals surface area contributed by atoms with Crippen molar-refractivity contribution in [2.24, 2.45) is 0 Å². The number of anilines is 2. The van der Waals surface area contributed by atoms with Crippen molar-refractivity contribution < 1.29 is 9.59 Å². The molecule has 0 aliphatic carbocycles. The molecular weight excluding hydrogens is 394 g/mol. The highest BCUT2D eigenvalue weighted by Crippen LogP contribution is 2.19. The van der Waals surface area contributed by atoms with Gasteiger partial charge in [-0.15, -0.1) is 11.3 Å². The van der Waals surface area contributed by atoms with Gasteiger partial charge in [0.25, 0.3) is 5.91 Å². The van der Waals surface area contributed by atoms with E-state index in [0.29, 0.717) is 28.6 Å². The van der Waals surface area contributed by atoms with Crippen molar-refractivity contribution in [1.29, 1.82) is 0 Å². The SMILES string of the molecule is Cc1ccc(NC(=O)CCc2csc(NC(=O)c3ccc(Cl)cc3)n2)cc1C. The molecule has 0 bridgehead atoms. The average molecular weight is 414 g/mol. The molecule has 0 radical (unpaired) electrons. The van der Waals surface area contributed by atoms with Gasteiger partial charge in [-0.1, -0.05) is 17.7 Å². The second kappa shape index (κ2) is 8.99. The van der Waals surface area contributed by atoms with Gasteiger partial charge in [0.1, 0.15) is 0 Å². The van der Waals surface area contributed by atoms with Gasteiger partial charge in [-0.3, -0.25) is 14.9 Å². The largest absolute Gasteiger partial charge is 0.326 e. The Kier molecular flexibility index (Phi) is 6.44. The minimum absolute atomic E-state index is 0.0667. The summed E-state index contributed by atoms with van der Waals surface area (Å²) in [6, 6.07) is 12.5. The van der Waals surface area contributed by atoms with E-state index in [1.807, 2.05) is 37.4 Å². The highest BCUT2D eigenvalue weighted by molar-refractivity contribution is 7.14. The fourth-order valence-corrected chi connectivity index (χ4v) is 3.40. The molecule has 2 aromatic carbocycles. The van der Waals surface area contributed by atoms with Crippen molar-refractivity contribution in [3.8, 4) is 0 Å². The van der Waals surface area contributed by atoms with Crippen molar-refractivity contribution in [3.63, 3.8) is 0 Å². The zero-order valence-electron chi connectivity index (χ0n) is 15.6. The third-order valence-corrected chi connectivity index (χ3v) is 5.34. The first kappa shape index (κ1) is 20.0. The number of halogens is 1. The Labute approximate surface area is 172 Å². The Hall–Kier alpha value is -2.70. The lowest BCUT2D eigenvalue weighted by Crippen LogP contribution is -2.13. The number of aromatic nitrogens is 1. The Balaban J connectivity index is 1.51. The molecule has 0 saturated heterocycles. The van der Waals surface area contributed by atoms with Crippen LogP contribution in [0.25, 0.3) is 0 Å². The number of amides is 2. The summed E-state index contributed by atoms with van der Waals surface area (Å²) in [7, 11) is 0. The van der Waals surface area contributed by atoms with E-state index >= 15 is 0 Å². The van der Waals surface area contributed by atoms with E-state index in [1.165, 1.54) is 16.9 Å². The van der Waals surface area contributed by atoms with Crippen molar-refractivity contribution in [2.45, 2.75) is 26.7 Å². The van der Waals surface area contributed by atoms with E-state index in [4.69, 9.17) is 11.6 Å². The van der Waals surface area contributed by atoms with Crippen LogP contribution in [0.1, 0.15) is 33.6 Å². The number of nitrogens with one attached hydrogen (secondary N) is 2. The van der Waals surface area contributed by atoms with Gasteiger partial charge in [-0.2, -0.15) is 0 Å². The molecule has 144 valence electrons. The molecule has 28 heavy (non-hydrogen) atoms. The maximum Gasteiger partial charge on any atom is 0.257 e. The highest BCUT2D eigenvalue weighted by atomic mass is 35.5. The third kappa shape index (κ3) is 5.41. The summed E-state index contributed by atoms with van der Waals surface area (Å²) < 4.78 is 0. The summed E-state index contributed by atoms with van der Waals surface area (Å²) in [6.07, 6.45) is 0.825. The van der Waals surface area contributed by atoms with Crippen LogP contribution in [0.3, 0.4) is 0 Å². The quantitative estimate of drug-likeness (QED) is 0.580. The maximum atomic E-state index is 12.2. The molecule has 5 nitrogen and oxygen atoms in total. The minimum Gasteiger partial charge on any atom is -0.326 e. The molecule has 1 heterocycles. The molecule has 0 aliphatic rings.